The molecule has 1 heterocycles. The molecule has 1 amide bonds. The molecule has 1 aromatic heterocycles. The van der Waals surface area contributed by atoms with Crippen LogP contribution in [0.4, 0.5) is 10.1 Å². The molecular weight excluding hydrogens is 293 g/mol. The summed E-state index contributed by atoms with van der Waals surface area (Å²) in [5.74, 6) is -0.596. The van der Waals surface area contributed by atoms with E-state index in [1.165, 1.54) is 24.4 Å². The van der Waals surface area contributed by atoms with Gasteiger partial charge in [0.2, 0.25) is 0 Å². The summed E-state index contributed by atoms with van der Waals surface area (Å²) in [5.41, 5.74) is 7.21. The first kappa shape index (κ1) is 15.3. The number of nitrogens with two attached hydrogens (primary N) is 1. The molecule has 1 aromatic carbocycles. The van der Waals surface area contributed by atoms with E-state index in [-0.39, 0.29) is 28.6 Å². The first-order valence-electron chi connectivity index (χ1n) is 6.42. The predicted molar refractivity (Wildman–Crippen MR) is 80.7 cm³/mol. The molecular formula is C15H15ClFN3O. The molecule has 110 valence electrons. The van der Waals surface area contributed by atoms with Crippen molar-refractivity contribution in [2.45, 2.75) is 19.4 Å². The van der Waals surface area contributed by atoms with Gasteiger partial charge < -0.3 is 11.1 Å². The Hall–Kier alpha value is -2.14. The number of anilines is 1. The highest BCUT2D eigenvalue weighted by atomic mass is 35.5. The van der Waals surface area contributed by atoms with Crippen LogP contribution in [0.2, 0.25) is 5.15 Å². The van der Waals surface area contributed by atoms with Crippen molar-refractivity contribution in [3.63, 3.8) is 0 Å². The Morgan fingerprint density at radius 2 is 2.10 bits per heavy atom. The monoisotopic (exact) mass is 307 g/mol. The van der Waals surface area contributed by atoms with Crippen LogP contribution in [-0.4, -0.2) is 16.9 Å². The number of hydrogen-bond donors (Lipinski definition) is 2. The number of carbonyl (C=O) groups excluding carboxylic acids is 1. The Labute approximate surface area is 127 Å². The molecule has 0 bridgehead atoms. The first-order chi connectivity index (χ1) is 9.95. The normalized spacial score (nSPS) is 12.0. The van der Waals surface area contributed by atoms with Crippen molar-refractivity contribution in [1.29, 1.82) is 0 Å². The van der Waals surface area contributed by atoms with E-state index in [4.69, 9.17) is 17.3 Å². The van der Waals surface area contributed by atoms with Crippen molar-refractivity contribution in [2.75, 3.05) is 5.73 Å². The molecule has 21 heavy (non-hydrogen) atoms. The van der Waals surface area contributed by atoms with Gasteiger partial charge in [-0.25, -0.2) is 9.37 Å². The van der Waals surface area contributed by atoms with Gasteiger partial charge in [0.05, 0.1) is 17.4 Å². The van der Waals surface area contributed by atoms with Crippen LogP contribution < -0.4 is 11.1 Å². The summed E-state index contributed by atoms with van der Waals surface area (Å²) in [6.07, 6.45) is 1.94. The van der Waals surface area contributed by atoms with Crippen molar-refractivity contribution < 1.29 is 9.18 Å². The number of pyridine rings is 1. The van der Waals surface area contributed by atoms with Crippen molar-refractivity contribution in [3.8, 4) is 0 Å². The second-order valence-electron chi connectivity index (χ2n) is 4.80. The SMILES string of the molecule is CC(Cc1ccc(F)cc1)NC(=O)c1cc(Cl)ncc1N. The second kappa shape index (κ2) is 6.54. The number of benzene rings is 1. The van der Waals surface area contributed by atoms with Crippen LogP contribution in [0.25, 0.3) is 0 Å². The Kier molecular flexibility index (Phi) is 4.75. The lowest BCUT2D eigenvalue weighted by Crippen LogP contribution is -2.34. The number of carbonyl (C=O) groups is 1. The number of nitrogens with one attached hydrogen (secondary N) is 1. The summed E-state index contributed by atoms with van der Waals surface area (Å²) in [5, 5.41) is 3.04. The van der Waals surface area contributed by atoms with Gasteiger partial charge in [0.1, 0.15) is 11.0 Å². The summed E-state index contributed by atoms with van der Waals surface area (Å²) < 4.78 is 12.8. The molecule has 0 aliphatic rings. The minimum Gasteiger partial charge on any atom is -0.397 e. The molecule has 0 saturated carbocycles. The molecule has 2 aromatic rings. The Morgan fingerprint density at radius 3 is 2.76 bits per heavy atom. The summed E-state index contributed by atoms with van der Waals surface area (Å²) >= 11 is 5.76. The Balaban J connectivity index is 2.01. The molecule has 1 atom stereocenters. The van der Waals surface area contributed by atoms with Crippen LogP contribution in [0.5, 0.6) is 0 Å². The fourth-order valence-electron chi connectivity index (χ4n) is 1.96. The number of nitrogen functional groups attached to an aromatic ring is 1. The zero-order chi connectivity index (χ0) is 15.4. The third kappa shape index (κ3) is 4.16. The summed E-state index contributed by atoms with van der Waals surface area (Å²) in [6, 6.07) is 7.46. The molecule has 0 aliphatic heterocycles. The molecule has 0 saturated heterocycles. The largest absolute Gasteiger partial charge is 0.397 e. The van der Waals surface area contributed by atoms with Gasteiger partial charge in [-0.2, -0.15) is 0 Å². The maximum atomic E-state index is 12.8. The first-order valence-corrected chi connectivity index (χ1v) is 6.80. The van der Waals surface area contributed by atoms with Gasteiger partial charge in [0, 0.05) is 6.04 Å². The predicted octanol–water partition coefficient (Wildman–Crippen LogP) is 2.82. The molecule has 1 unspecified atom stereocenters. The maximum absolute atomic E-state index is 12.8. The lowest BCUT2D eigenvalue weighted by atomic mass is 10.1. The van der Waals surface area contributed by atoms with E-state index in [9.17, 15) is 9.18 Å². The van der Waals surface area contributed by atoms with Gasteiger partial charge in [0.25, 0.3) is 5.91 Å². The van der Waals surface area contributed by atoms with E-state index in [0.717, 1.165) is 5.56 Å². The summed E-state index contributed by atoms with van der Waals surface area (Å²) in [6.45, 7) is 1.86. The van der Waals surface area contributed by atoms with Crippen molar-refractivity contribution in [3.05, 3.63) is 58.6 Å². The highest BCUT2D eigenvalue weighted by Crippen LogP contribution is 2.15. The molecule has 0 spiro atoms. The van der Waals surface area contributed by atoms with Crippen LogP contribution in [0.1, 0.15) is 22.8 Å². The van der Waals surface area contributed by atoms with Crippen LogP contribution in [-0.2, 0) is 6.42 Å². The van der Waals surface area contributed by atoms with Gasteiger partial charge in [-0.3, -0.25) is 4.79 Å². The number of aromatic nitrogens is 1. The van der Waals surface area contributed by atoms with Crippen molar-refractivity contribution >= 4 is 23.2 Å². The highest BCUT2D eigenvalue weighted by Gasteiger charge is 2.14. The standard InChI is InChI=1S/C15H15ClFN3O/c1-9(6-10-2-4-11(17)5-3-10)20-15(21)12-7-14(16)19-8-13(12)18/h2-5,7-9H,6,18H2,1H3,(H,20,21). The third-order valence-corrected chi connectivity index (χ3v) is 3.19. The lowest BCUT2D eigenvalue weighted by molar-refractivity contribution is 0.0941. The number of rotatable bonds is 4. The van der Waals surface area contributed by atoms with E-state index in [2.05, 4.69) is 10.3 Å². The quantitative estimate of drug-likeness (QED) is 0.853. The van der Waals surface area contributed by atoms with E-state index in [1.54, 1.807) is 12.1 Å². The summed E-state index contributed by atoms with van der Waals surface area (Å²) in [7, 11) is 0. The zero-order valence-corrected chi connectivity index (χ0v) is 12.2. The van der Waals surface area contributed by atoms with Gasteiger partial charge in [0.15, 0.2) is 0 Å². The molecule has 6 heteroatoms. The fourth-order valence-corrected chi connectivity index (χ4v) is 2.12. The zero-order valence-electron chi connectivity index (χ0n) is 11.4. The minimum atomic E-state index is -0.314. The van der Waals surface area contributed by atoms with Gasteiger partial charge in [-0.05, 0) is 37.1 Å². The third-order valence-electron chi connectivity index (χ3n) is 2.98. The van der Waals surface area contributed by atoms with Crippen LogP contribution >= 0.6 is 11.6 Å². The highest BCUT2D eigenvalue weighted by molar-refractivity contribution is 6.29. The summed E-state index contributed by atoms with van der Waals surface area (Å²) in [4.78, 5) is 15.9. The number of hydrogen-bond acceptors (Lipinski definition) is 3. The van der Waals surface area contributed by atoms with Crippen LogP contribution in [0.15, 0.2) is 36.5 Å². The van der Waals surface area contributed by atoms with Crippen molar-refractivity contribution in [2.24, 2.45) is 0 Å². The Morgan fingerprint density at radius 1 is 1.43 bits per heavy atom. The molecule has 0 fully saturated rings. The number of amides is 1. The molecule has 0 aliphatic carbocycles. The molecule has 3 N–H and O–H groups in total. The number of nitrogens with zero attached hydrogens (tertiary/aromatic N) is 1. The van der Waals surface area contributed by atoms with E-state index in [1.807, 2.05) is 6.92 Å². The van der Waals surface area contributed by atoms with Gasteiger partial charge in [-0.15, -0.1) is 0 Å². The lowest BCUT2D eigenvalue weighted by Gasteiger charge is -2.15. The smallest absolute Gasteiger partial charge is 0.253 e. The maximum Gasteiger partial charge on any atom is 0.253 e. The van der Waals surface area contributed by atoms with Crippen LogP contribution in [0.3, 0.4) is 0 Å². The van der Waals surface area contributed by atoms with Gasteiger partial charge in [-0.1, -0.05) is 23.7 Å². The van der Waals surface area contributed by atoms with Crippen LogP contribution in [0, 0.1) is 5.82 Å². The van der Waals surface area contributed by atoms with E-state index in [0.29, 0.717) is 12.0 Å². The second-order valence-corrected chi connectivity index (χ2v) is 5.19. The molecule has 0 radical (unpaired) electrons. The minimum absolute atomic E-state index is 0.130. The molecule has 4 nitrogen and oxygen atoms in total. The Bertz CT molecular complexity index is 646. The van der Waals surface area contributed by atoms with E-state index >= 15 is 0 Å². The molecule has 2 rings (SSSR count). The number of halogens is 2. The topological polar surface area (TPSA) is 68.0 Å². The fraction of sp³-hybridized carbons (Fsp3) is 0.200. The average Bonchev–Trinajstić information content (AvgIpc) is 2.44. The van der Waals surface area contributed by atoms with Crippen molar-refractivity contribution in [1.82, 2.24) is 10.3 Å². The van der Waals surface area contributed by atoms with E-state index < -0.39 is 0 Å². The average molecular weight is 308 g/mol. The van der Waals surface area contributed by atoms with Gasteiger partial charge >= 0.3 is 0 Å².